The molecule has 22 heavy (non-hydrogen) atoms. The molecule has 2 heterocycles. The van der Waals surface area contributed by atoms with E-state index in [0.717, 1.165) is 27.1 Å². The smallest absolute Gasteiger partial charge is 0.274 e. The van der Waals surface area contributed by atoms with E-state index in [1.165, 1.54) is 0 Å². The summed E-state index contributed by atoms with van der Waals surface area (Å²) in [7, 11) is 0. The Bertz CT molecular complexity index is 837. The molecule has 1 amide bonds. The maximum absolute atomic E-state index is 12.7. The number of benzene rings is 1. The van der Waals surface area contributed by atoms with E-state index in [1.54, 1.807) is 0 Å². The number of halogens is 1. The zero-order chi connectivity index (χ0) is 15.7. The highest BCUT2D eigenvalue weighted by molar-refractivity contribution is 9.10. The van der Waals surface area contributed by atoms with Crippen LogP contribution in [0.3, 0.4) is 0 Å². The molecule has 0 radical (unpaired) electrons. The van der Waals surface area contributed by atoms with E-state index in [-0.39, 0.29) is 5.91 Å². The fourth-order valence-electron chi connectivity index (χ4n) is 2.41. The number of carbonyl (C=O) groups is 1. The van der Waals surface area contributed by atoms with Gasteiger partial charge in [-0.2, -0.15) is 0 Å². The third kappa shape index (κ3) is 2.76. The van der Waals surface area contributed by atoms with E-state index in [4.69, 9.17) is 0 Å². The minimum atomic E-state index is -0.141. The van der Waals surface area contributed by atoms with Gasteiger partial charge in [0.15, 0.2) is 0 Å². The molecule has 0 spiro atoms. The van der Waals surface area contributed by atoms with Crippen molar-refractivity contribution in [2.24, 2.45) is 0 Å². The normalized spacial score (nSPS) is 10.9. The van der Waals surface area contributed by atoms with E-state index in [2.05, 4.69) is 26.2 Å². The Kier molecular flexibility index (Phi) is 3.98. The zero-order valence-corrected chi connectivity index (χ0v) is 14.0. The molecule has 112 valence electrons. The lowest BCUT2D eigenvalue weighted by atomic mass is 10.2. The number of fused-ring (bicyclic) bond motifs is 1. The van der Waals surface area contributed by atoms with Crippen LogP contribution < -0.4 is 5.32 Å². The maximum Gasteiger partial charge on any atom is 0.274 e. The van der Waals surface area contributed by atoms with Crippen molar-refractivity contribution >= 4 is 33.2 Å². The summed E-state index contributed by atoms with van der Waals surface area (Å²) in [6.07, 6.45) is 2.65. The second-order valence-corrected chi connectivity index (χ2v) is 6.07. The quantitative estimate of drug-likeness (QED) is 0.762. The lowest BCUT2D eigenvalue weighted by molar-refractivity contribution is 0.102. The van der Waals surface area contributed by atoms with Gasteiger partial charge < -0.3 is 5.32 Å². The van der Waals surface area contributed by atoms with E-state index in [1.807, 2.05) is 60.8 Å². The molecular formula is C17H16BrN3O. The monoisotopic (exact) mass is 357 g/mol. The van der Waals surface area contributed by atoms with Gasteiger partial charge in [-0.1, -0.05) is 28.9 Å². The summed E-state index contributed by atoms with van der Waals surface area (Å²) in [6.45, 7) is 4.01. The number of imidazole rings is 1. The Labute approximate surface area is 137 Å². The number of hydrogen-bond donors (Lipinski definition) is 1. The SMILES string of the molecule is CCc1nc2ccc(C)cn2c1C(=O)Nc1ccc(Br)cc1. The molecule has 0 bridgehead atoms. The molecule has 0 saturated carbocycles. The number of hydrogen-bond acceptors (Lipinski definition) is 2. The molecule has 0 aliphatic heterocycles. The van der Waals surface area contributed by atoms with Crippen molar-refractivity contribution in [2.45, 2.75) is 20.3 Å². The molecule has 0 fully saturated rings. The Morgan fingerprint density at radius 1 is 1.23 bits per heavy atom. The van der Waals surface area contributed by atoms with Crippen molar-refractivity contribution < 1.29 is 4.79 Å². The number of pyridine rings is 1. The lowest BCUT2D eigenvalue weighted by Gasteiger charge is -2.07. The first-order chi connectivity index (χ1) is 10.6. The van der Waals surface area contributed by atoms with Crippen molar-refractivity contribution in [3.05, 3.63) is 64.0 Å². The summed E-state index contributed by atoms with van der Waals surface area (Å²) in [5.74, 6) is -0.141. The second-order valence-electron chi connectivity index (χ2n) is 5.16. The molecule has 5 heteroatoms. The number of aromatic nitrogens is 2. The molecule has 1 N–H and O–H groups in total. The summed E-state index contributed by atoms with van der Waals surface area (Å²) in [5.41, 5.74) is 4.05. The third-order valence-corrected chi connectivity index (χ3v) is 4.02. The average molecular weight is 358 g/mol. The Balaban J connectivity index is 2.02. The van der Waals surface area contributed by atoms with Crippen LogP contribution in [0.5, 0.6) is 0 Å². The van der Waals surface area contributed by atoms with Crippen LogP contribution in [0.2, 0.25) is 0 Å². The third-order valence-electron chi connectivity index (χ3n) is 3.49. The van der Waals surface area contributed by atoms with Crippen LogP contribution >= 0.6 is 15.9 Å². The van der Waals surface area contributed by atoms with Crippen LogP contribution in [0, 0.1) is 6.92 Å². The standard InChI is InChI=1S/C17H16BrN3O/c1-3-14-16(21-10-11(2)4-9-15(21)20-14)17(22)19-13-7-5-12(18)6-8-13/h4-10H,3H2,1-2H3,(H,19,22). The lowest BCUT2D eigenvalue weighted by Crippen LogP contribution is -2.16. The molecule has 3 rings (SSSR count). The largest absolute Gasteiger partial charge is 0.321 e. The molecule has 0 unspecified atom stereocenters. The van der Waals surface area contributed by atoms with Gasteiger partial charge in [0.05, 0.1) is 5.69 Å². The van der Waals surface area contributed by atoms with Crippen LogP contribution in [0.4, 0.5) is 5.69 Å². The molecule has 2 aromatic heterocycles. The summed E-state index contributed by atoms with van der Waals surface area (Å²) in [5, 5.41) is 2.94. The van der Waals surface area contributed by atoms with Gasteiger partial charge in [-0.25, -0.2) is 4.98 Å². The summed E-state index contributed by atoms with van der Waals surface area (Å²) in [6, 6.07) is 11.5. The number of nitrogens with zero attached hydrogens (tertiary/aromatic N) is 2. The van der Waals surface area contributed by atoms with Gasteiger partial charge in [0.2, 0.25) is 0 Å². The summed E-state index contributed by atoms with van der Waals surface area (Å²) in [4.78, 5) is 17.2. The minimum Gasteiger partial charge on any atom is -0.321 e. The van der Waals surface area contributed by atoms with E-state index < -0.39 is 0 Å². The van der Waals surface area contributed by atoms with Gasteiger partial charge in [0, 0.05) is 16.4 Å². The fraction of sp³-hybridized carbons (Fsp3) is 0.176. The molecule has 0 saturated heterocycles. The Hall–Kier alpha value is -2.14. The number of anilines is 1. The first-order valence-corrected chi connectivity index (χ1v) is 7.92. The first kappa shape index (κ1) is 14.8. The molecule has 0 aliphatic carbocycles. The van der Waals surface area contributed by atoms with Crippen molar-refractivity contribution in [1.82, 2.24) is 9.38 Å². The highest BCUT2D eigenvalue weighted by Gasteiger charge is 2.18. The van der Waals surface area contributed by atoms with Crippen LogP contribution in [0.1, 0.15) is 28.7 Å². The summed E-state index contributed by atoms with van der Waals surface area (Å²) < 4.78 is 2.84. The highest BCUT2D eigenvalue weighted by Crippen LogP contribution is 2.18. The van der Waals surface area contributed by atoms with Crippen LogP contribution in [0.15, 0.2) is 47.1 Å². The molecule has 0 atom stereocenters. The minimum absolute atomic E-state index is 0.141. The molecule has 1 aromatic carbocycles. The van der Waals surface area contributed by atoms with Crippen LogP contribution in [-0.4, -0.2) is 15.3 Å². The number of nitrogens with one attached hydrogen (secondary N) is 1. The fourth-order valence-corrected chi connectivity index (χ4v) is 2.67. The van der Waals surface area contributed by atoms with Gasteiger partial charge in [-0.05, 0) is 49.2 Å². The predicted molar refractivity (Wildman–Crippen MR) is 91.4 cm³/mol. The zero-order valence-electron chi connectivity index (χ0n) is 12.4. The number of carbonyl (C=O) groups excluding carboxylic acids is 1. The van der Waals surface area contributed by atoms with Crippen LogP contribution in [-0.2, 0) is 6.42 Å². The van der Waals surface area contributed by atoms with E-state index in [0.29, 0.717) is 12.1 Å². The molecule has 0 aliphatic rings. The first-order valence-electron chi connectivity index (χ1n) is 7.13. The van der Waals surface area contributed by atoms with Crippen molar-refractivity contribution in [3.8, 4) is 0 Å². The Morgan fingerprint density at radius 2 is 1.95 bits per heavy atom. The maximum atomic E-state index is 12.7. The van der Waals surface area contributed by atoms with Crippen LogP contribution in [0.25, 0.3) is 5.65 Å². The van der Waals surface area contributed by atoms with Crippen molar-refractivity contribution in [2.75, 3.05) is 5.32 Å². The molecular weight excluding hydrogens is 342 g/mol. The van der Waals surface area contributed by atoms with Gasteiger partial charge in [0.1, 0.15) is 11.3 Å². The molecule has 4 nitrogen and oxygen atoms in total. The van der Waals surface area contributed by atoms with E-state index >= 15 is 0 Å². The predicted octanol–water partition coefficient (Wildman–Crippen LogP) is 4.22. The van der Waals surface area contributed by atoms with Gasteiger partial charge in [0.25, 0.3) is 5.91 Å². The van der Waals surface area contributed by atoms with Gasteiger partial charge in [-0.15, -0.1) is 0 Å². The second kappa shape index (κ2) is 5.93. The summed E-state index contributed by atoms with van der Waals surface area (Å²) >= 11 is 3.39. The number of rotatable bonds is 3. The number of aryl methyl sites for hydroxylation is 2. The van der Waals surface area contributed by atoms with Crippen molar-refractivity contribution in [3.63, 3.8) is 0 Å². The molecule has 3 aromatic rings. The van der Waals surface area contributed by atoms with Gasteiger partial charge in [-0.3, -0.25) is 9.20 Å². The average Bonchev–Trinajstić information content (AvgIpc) is 2.87. The topological polar surface area (TPSA) is 46.4 Å². The van der Waals surface area contributed by atoms with Gasteiger partial charge >= 0.3 is 0 Å². The number of amides is 1. The highest BCUT2D eigenvalue weighted by atomic mass is 79.9. The Morgan fingerprint density at radius 3 is 2.64 bits per heavy atom. The van der Waals surface area contributed by atoms with E-state index in [9.17, 15) is 4.79 Å². The van der Waals surface area contributed by atoms with Crippen molar-refractivity contribution in [1.29, 1.82) is 0 Å².